The van der Waals surface area contributed by atoms with Crippen LogP contribution in [0, 0.1) is 11.7 Å². The Kier molecular flexibility index (Phi) is 4.57. The van der Waals surface area contributed by atoms with Crippen LogP contribution in [0.4, 0.5) is 4.39 Å². The maximum atomic E-state index is 14.1. The Bertz CT molecular complexity index is 690. The number of methoxy groups -OCH3 is 2. The molecule has 7 nitrogen and oxygen atoms in total. The van der Waals surface area contributed by atoms with Gasteiger partial charge in [0.05, 0.1) is 20.1 Å². The van der Waals surface area contributed by atoms with E-state index >= 15 is 0 Å². The summed E-state index contributed by atoms with van der Waals surface area (Å²) in [5, 5.41) is 8.94. The van der Waals surface area contributed by atoms with Gasteiger partial charge in [-0.25, -0.2) is 12.8 Å². The molecule has 1 aliphatic heterocycles. The molecule has 1 aliphatic rings. The fourth-order valence-electron chi connectivity index (χ4n) is 2.32. The van der Waals surface area contributed by atoms with Crippen molar-refractivity contribution in [1.82, 2.24) is 4.31 Å². The smallest absolute Gasteiger partial charge is 0.307 e. The fourth-order valence-corrected chi connectivity index (χ4v) is 3.88. The zero-order valence-electron chi connectivity index (χ0n) is 12.1. The predicted octanol–water partition coefficient (Wildman–Crippen LogP) is 0.938. The van der Waals surface area contributed by atoms with Gasteiger partial charge in [0.15, 0.2) is 11.5 Å². The average Bonchev–Trinajstić information content (AvgIpc) is 2.97. The topological polar surface area (TPSA) is 93.1 Å². The zero-order chi connectivity index (χ0) is 16.5. The Morgan fingerprint density at radius 2 is 1.91 bits per heavy atom. The molecule has 0 aliphatic carbocycles. The minimum Gasteiger partial charge on any atom is -0.493 e. The molecular formula is C13H16FNO6S. The van der Waals surface area contributed by atoms with Crippen molar-refractivity contribution in [3.05, 3.63) is 17.9 Å². The molecule has 0 spiro atoms. The SMILES string of the molecule is COc1cc(F)c(S(=O)(=O)N2CC[C@@H](C(=O)O)C2)cc1OC. The van der Waals surface area contributed by atoms with Gasteiger partial charge in [0.2, 0.25) is 10.0 Å². The van der Waals surface area contributed by atoms with Crippen molar-refractivity contribution < 1.29 is 32.2 Å². The fraction of sp³-hybridized carbons (Fsp3) is 0.462. The van der Waals surface area contributed by atoms with E-state index in [1.807, 2.05) is 0 Å². The summed E-state index contributed by atoms with van der Waals surface area (Å²) < 4.78 is 49.9. The maximum absolute atomic E-state index is 14.1. The van der Waals surface area contributed by atoms with Gasteiger partial charge in [-0.05, 0) is 6.42 Å². The van der Waals surface area contributed by atoms with Crippen LogP contribution in [-0.4, -0.2) is 51.1 Å². The van der Waals surface area contributed by atoms with Gasteiger partial charge in [-0.2, -0.15) is 4.31 Å². The number of halogens is 1. The number of nitrogens with zero attached hydrogens (tertiary/aromatic N) is 1. The van der Waals surface area contributed by atoms with Crippen LogP contribution in [0.15, 0.2) is 17.0 Å². The first kappa shape index (κ1) is 16.5. The quantitative estimate of drug-likeness (QED) is 0.862. The molecule has 1 atom stereocenters. The van der Waals surface area contributed by atoms with Crippen molar-refractivity contribution in [1.29, 1.82) is 0 Å². The summed E-state index contributed by atoms with van der Waals surface area (Å²) in [7, 11) is -1.52. The van der Waals surface area contributed by atoms with Crippen molar-refractivity contribution in [2.45, 2.75) is 11.3 Å². The van der Waals surface area contributed by atoms with Gasteiger partial charge in [0, 0.05) is 25.2 Å². The van der Waals surface area contributed by atoms with Gasteiger partial charge in [-0.15, -0.1) is 0 Å². The normalized spacial score (nSPS) is 19.1. The summed E-state index contributed by atoms with van der Waals surface area (Å²) in [6.07, 6.45) is 0.198. The Hall–Kier alpha value is -1.87. The molecule has 0 aromatic heterocycles. The van der Waals surface area contributed by atoms with Gasteiger partial charge in [-0.1, -0.05) is 0 Å². The van der Waals surface area contributed by atoms with Gasteiger partial charge in [0.25, 0.3) is 0 Å². The van der Waals surface area contributed by atoms with Crippen LogP contribution in [-0.2, 0) is 14.8 Å². The van der Waals surface area contributed by atoms with E-state index in [0.29, 0.717) is 0 Å². The highest BCUT2D eigenvalue weighted by Crippen LogP contribution is 2.34. The van der Waals surface area contributed by atoms with Gasteiger partial charge in [0.1, 0.15) is 10.7 Å². The predicted molar refractivity (Wildman–Crippen MR) is 74.0 cm³/mol. The molecule has 22 heavy (non-hydrogen) atoms. The third-order valence-electron chi connectivity index (χ3n) is 3.56. The number of carbonyl (C=O) groups is 1. The van der Waals surface area contributed by atoms with E-state index in [-0.39, 0.29) is 31.0 Å². The minimum atomic E-state index is -4.13. The van der Waals surface area contributed by atoms with Crippen molar-refractivity contribution in [2.24, 2.45) is 5.92 Å². The molecular weight excluding hydrogens is 317 g/mol. The van der Waals surface area contributed by atoms with Crippen LogP contribution in [0.3, 0.4) is 0 Å². The van der Waals surface area contributed by atoms with Crippen molar-refractivity contribution >= 4 is 16.0 Å². The summed E-state index contributed by atoms with van der Waals surface area (Å²) >= 11 is 0. The number of aliphatic carboxylic acids is 1. The average molecular weight is 333 g/mol. The van der Waals surface area contributed by atoms with Gasteiger partial charge in [-0.3, -0.25) is 4.79 Å². The molecule has 0 unspecified atom stereocenters. The summed E-state index contributed by atoms with van der Waals surface area (Å²) in [5.41, 5.74) is 0. The summed E-state index contributed by atoms with van der Waals surface area (Å²) in [4.78, 5) is 10.4. The molecule has 9 heteroatoms. The van der Waals surface area contributed by atoms with Crippen molar-refractivity contribution in [3.63, 3.8) is 0 Å². The number of hydrogen-bond acceptors (Lipinski definition) is 5. The Balaban J connectivity index is 2.40. The van der Waals surface area contributed by atoms with E-state index in [2.05, 4.69) is 0 Å². The van der Waals surface area contributed by atoms with Gasteiger partial charge >= 0.3 is 5.97 Å². The first-order valence-corrected chi connectivity index (χ1v) is 7.89. The third-order valence-corrected chi connectivity index (χ3v) is 5.44. The van der Waals surface area contributed by atoms with Crippen LogP contribution in [0.2, 0.25) is 0 Å². The standard InChI is InChI=1S/C13H16FNO6S/c1-20-10-5-9(14)12(6-11(10)21-2)22(18,19)15-4-3-8(7-15)13(16)17/h5-6,8H,3-4,7H2,1-2H3,(H,16,17)/t8-/m1/s1. The lowest BCUT2D eigenvalue weighted by molar-refractivity contribution is -0.141. The molecule has 1 aromatic carbocycles. The molecule has 1 heterocycles. The van der Waals surface area contributed by atoms with Crippen molar-refractivity contribution in [2.75, 3.05) is 27.3 Å². The lowest BCUT2D eigenvalue weighted by atomic mass is 10.1. The number of benzene rings is 1. The molecule has 2 rings (SSSR count). The second-order valence-corrected chi connectivity index (χ2v) is 6.73. The van der Waals surface area contributed by atoms with E-state index in [9.17, 15) is 17.6 Å². The lowest BCUT2D eigenvalue weighted by Crippen LogP contribution is -2.30. The molecule has 0 bridgehead atoms. The summed E-state index contributed by atoms with van der Waals surface area (Å²) in [6.45, 7) is -0.140. The molecule has 1 saturated heterocycles. The Morgan fingerprint density at radius 3 is 2.41 bits per heavy atom. The third kappa shape index (κ3) is 2.86. The van der Waals surface area contributed by atoms with E-state index in [1.165, 1.54) is 14.2 Å². The van der Waals surface area contributed by atoms with E-state index in [4.69, 9.17) is 14.6 Å². The number of hydrogen-bond donors (Lipinski definition) is 1. The Morgan fingerprint density at radius 1 is 1.32 bits per heavy atom. The second kappa shape index (κ2) is 6.09. The number of ether oxygens (including phenoxy) is 2. The van der Waals surface area contributed by atoms with Crippen molar-refractivity contribution in [3.8, 4) is 11.5 Å². The molecule has 1 N–H and O–H groups in total. The number of carboxylic acids is 1. The highest BCUT2D eigenvalue weighted by atomic mass is 32.2. The number of rotatable bonds is 5. The van der Waals surface area contributed by atoms with Crippen LogP contribution >= 0.6 is 0 Å². The first-order chi connectivity index (χ1) is 10.3. The number of carboxylic acid groups (broad SMARTS) is 1. The first-order valence-electron chi connectivity index (χ1n) is 6.45. The maximum Gasteiger partial charge on any atom is 0.307 e. The lowest BCUT2D eigenvalue weighted by Gasteiger charge is -2.18. The molecule has 0 amide bonds. The minimum absolute atomic E-state index is 0.0348. The molecule has 0 saturated carbocycles. The number of sulfonamides is 1. The summed E-state index contributed by atoms with van der Waals surface area (Å²) in [5.74, 6) is -2.67. The van der Waals surface area contributed by atoms with Crippen LogP contribution < -0.4 is 9.47 Å². The molecule has 1 aromatic rings. The largest absolute Gasteiger partial charge is 0.493 e. The second-order valence-electron chi connectivity index (χ2n) is 4.82. The van der Waals surface area contributed by atoms with E-state index < -0.39 is 32.6 Å². The van der Waals surface area contributed by atoms with Crippen LogP contribution in [0.25, 0.3) is 0 Å². The Labute approximate surface area is 127 Å². The monoisotopic (exact) mass is 333 g/mol. The van der Waals surface area contributed by atoms with Gasteiger partial charge < -0.3 is 14.6 Å². The molecule has 1 fully saturated rings. The van der Waals surface area contributed by atoms with E-state index in [1.54, 1.807) is 0 Å². The highest BCUT2D eigenvalue weighted by Gasteiger charge is 2.37. The zero-order valence-corrected chi connectivity index (χ0v) is 12.9. The summed E-state index contributed by atoms with van der Waals surface area (Å²) in [6, 6.07) is 1.97. The highest BCUT2D eigenvalue weighted by molar-refractivity contribution is 7.89. The van der Waals surface area contributed by atoms with E-state index in [0.717, 1.165) is 16.4 Å². The van der Waals surface area contributed by atoms with Crippen LogP contribution in [0.5, 0.6) is 11.5 Å². The molecule has 0 radical (unpaired) electrons. The van der Waals surface area contributed by atoms with Crippen LogP contribution in [0.1, 0.15) is 6.42 Å². The molecule has 122 valence electrons.